The summed E-state index contributed by atoms with van der Waals surface area (Å²) >= 11 is 6.09. The smallest absolute Gasteiger partial charge is 0.243 e. The number of rotatable bonds is 4. The van der Waals surface area contributed by atoms with Crippen molar-refractivity contribution < 1.29 is 17.9 Å². The van der Waals surface area contributed by atoms with Crippen molar-refractivity contribution >= 4 is 21.6 Å². The Balaban J connectivity index is 1.83. The van der Waals surface area contributed by atoms with Gasteiger partial charge in [0.05, 0.1) is 24.7 Å². The van der Waals surface area contributed by atoms with Crippen LogP contribution >= 0.6 is 11.6 Å². The van der Waals surface area contributed by atoms with Crippen LogP contribution in [0, 0.1) is 6.92 Å². The number of hydrogen-bond acceptors (Lipinski definition) is 4. The van der Waals surface area contributed by atoms with Gasteiger partial charge in [0.2, 0.25) is 10.0 Å². The van der Waals surface area contributed by atoms with Crippen LogP contribution in [0.3, 0.4) is 0 Å². The van der Waals surface area contributed by atoms with Crippen LogP contribution in [-0.2, 0) is 14.8 Å². The van der Waals surface area contributed by atoms with Gasteiger partial charge < -0.3 is 9.47 Å². The second-order valence-electron chi connectivity index (χ2n) is 5.91. The third-order valence-electron chi connectivity index (χ3n) is 4.30. The third-order valence-corrected chi connectivity index (χ3v) is 6.57. The van der Waals surface area contributed by atoms with Crippen molar-refractivity contribution in [2.24, 2.45) is 0 Å². The number of aryl methyl sites for hydroxylation is 1. The number of methoxy groups -OCH3 is 1. The van der Waals surface area contributed by atoms with Gasteiger partial charge in [0, 0.05) is 18.1 Å². The molecular formula is C18H20ClNO4S. The zero-order valence-electron chi connectivity index (χ0n) is 14.1. The number of benzene rings is 2. The van der Waals surface area contributed by atoms with Gasteiger partial charge in [0.15, 0.2) is 0 Å². The SMILES string of the molecule is COc1ccc(C2CN(S(=O)(=O)c3ccc(C)c(Cl)c3)CCO2)cc1. The zero-order chi connectivity index (χ0) is 18.0. The van der Waals surface area contributed by atoms with Gasteiger partial charge in [0.1, 0.15) is 5.75 Å². The molecule has 5 nitrogen and oxygen atoms in total. The molecular weight excluding hydrogens is 362 g/mol. The average Bonchev–Trinajstić information content (AvgIpc) is 2.64. The van der Waals surface area contributed by atoms with Gasteiger partial charge in [-0.05, 0) is 42.3 Å². The Hall–Kier alpha value is -1.60. The Kier molecular flexibility index (Phi) is 5.34. The first-order valence-corrected chi connectivity index (χ1v) is 9.75. The molecule has 1 aliphatic heterocycles. The van der Waals surface area contributed by atoms with E-state index in [1.807, 2.05) is 31.2 Å². The summed E-state index contributed by atoms with van der Waals surface area (Å²) in [6.07, 6.45) is -0.310. The van der Waals surface area contributed by atoms with E-state index in [0.717, 1.165) is 16.9 Å². The highest BCUT2D eigenvalue weighted by Crippen LogP contribution is 2.29. The first-order chi connectivity index (χ1) is 11.9. The lowest BCUT2D eigenvalue weighted by molar-refractivity contribution is -0.00257. The summed E-state index contributed by atoms with van der Waals surface area (Å²) in [6.45, 7) is 2.77. The van der Waals surface area contributed by atoms with Crippen LogP contribution in [0.5, 0.6) is 5.75 Å². The number of ether oxygens (including phenoxy) is 2. The molecule has 0 N–H and O–H groups in total. The van der Waals surface area contributed by atoms with Gasteiger partial charge in [0.25, 0.3) is 0 Å². The maximum Gasteiger partial charge on any atom is 0.243 e. The zero-order valence-corrected chi connectivity index (χ0v) is 15.7. The molecule has 1 atom stereocenters. The van der Waals surface area contributed by atoms with E-state index in [4.69, 9.17) is 21.1 Å². The first kappa shape index (κ1) is 18.2. The fraction of sp³-hybridized carbons (Fsp3) is 0.333. The molecule has 1 fully saturated rings. The van der Waals surface area contributed by atoms with Gasteiger partial charge in [-0.2, -0.15) is 4.31 Å². The van der Waals surface area contributed by atoms with Gasteiger partial charge in [-0.25, -0.2) is 8.42 Å². The molecule has 0 aliphatic carbocycles. The Bertz CT molecular complexity index is 852. The van der Waals surface area contributed by atoms with Crippen molar-refractivity contribution in [2.75, 3.05) is 26.8 Å². The molecule has 0 spiro atoms. The maximum absolute atomic E-state index is 12.9. The van der Waals surface area contributed by atoms with Crippen LogP contribution in [0.1, 0.15) is 17.2 Å². The molecule has 0 saturated carbocycles. The number of morpholine rings is 1. The molecule has 1 heterocycles. The molecule has 2 aromatic rings. The second kappa shape index (κ2) is 7.33. The molecule has 0 radical (unpaired) electrons. The Morgan fingerprint density at radius 1 is 1.20 bits per heavy atom. The highest BCUT2D eigenvalue weighted by atomic mass is 35.5. The van der Waals surface area contributed by atoms with Gasteiger partial charge in [-0.3, -0.25) is 0 Å². The first-order valence-electron chi connectivity index (χ1n) is 7.93. The lowest BCUT2D eigenvalue weighted by Crippen LogP contribution is -2.42. The summed E-state index contributed by atoms with van der Waals surface area (Å²) < 4.78 is 38.2. The molecule has 1 aliphatic rings. The molecule has 0 amide bonds. The van der Waals surface area contributed by atoms with E-state index in [-0.39, 0.29) is 17.5 Å². The monoisotopic (exact) mass is 381 g/mol. The predicted molar refractivity (Wildman–Crippen MR) is 96.6 cm³/mol. The minimum absolute atomic E-state index is 0.207. The van der Waals surface area contributed by atoms with E-state index in [2.05, 4.69) is 0 Å². The molecule has 25 heavy (non-hydrogen) atoms. The summed E-state index contributed by atoms with van der Waals surface area (Å²) in [5.74, 6) is 0.748. The van der Waals surface area contributed by atoms with E-state index in [0.29, 0.717) is 18.2 Å². The summed E-state index contributed by atoms with van der Waals surface area (Å²) in [7, 11) is -2.01. The van der Waals surface area contributed by atoms with Crippen LogP contribution in [0.25, 0.3) is 0 Å². The molecule has 0 aromatic heterocycles. The Labute approximate surface area is 153 Å². The minimum Gasteiger partial charge on any atom is -0.497 e. The number of nitrogens with zero attached hydrogens (tertiary/aromatic N) is 1. The van der Waals surface area contributed by atoms with Crippen LogP contribution in [0.2, 0.25) is 5.02 Å². The molecule has 7 heteroatoms. The van der Waals surface area contributed by atoms with Crippen LogP contribution in [-0.4, -0.2) is 39.5 Å². The second-order valence-corrected chi connectivity index (χ2v) is 8.25. The van der Waals surface area contributed by atoms with Crippen molar-refractivity contribution in [3.05, 3.63) is 58.6 Å². The largest absolute Gasteiger partial charge is 0.497 e. The molecule has 134 valence electrons. The van der Waals surface area contributed by atoms with E-state index in [1.165, 1.54) is 10.4 Å². The molecule has 1 unspecified atom stereocenters. The summed E-state index contributed by atoms with van der Waals surface area (Å²) in [5.41, 5.74) is 1.77. The topological polar surface area (TPSA) is 55.8 Å². The van der Waals surface area contributed by atoms with Gasteiger partial charge in [-0.15, -0.1) is 0 Å². The quantitative estimate of drug-likeness (QED) is 0.814. The summed E-state index contributed by atoms with van der Waals surface area (Å²) in [5, 5.41) is 0.445. The van der Waals surface area contributed by atoms with Crippen molar-refractivity contribution in [3.8, 4) is 5.75 Å². The molecule has 0 bridgehead atoms. The number of hydrogen-bond donors (Lipinski definition) is 0. The molecule has 3 rings (SSSR count). The number of halogens is 1. The Morgan fingerprint density at radius 3 is 2.56 bits per heavy atom. The van der Waals surface area contributed by atoms with Crippen molar-refractivity contribution in [1.82, 2.24) is 4.31 Å². The normalized spacial score (nSPS) is 18.9. The van der Waals surface area contributed by atoms with Crippen molar-refractivity contribution in [3.63, 3.8) is 0 Å². The molecule has 1 saturated heterocycles. The average molecular weight is 382 g/mol. The summed E-state index contributed by atoms with van der Waals surface area (Å²) in [4.78, 5) is 0.207. The van der Waals surface area contributed by atoms with E-state index in [1.54, 1.807) is 19.2 Å². The van der Waals surface area contributed by atoms with Crippen LogP contribution in [0.15, 0.2) is 47.4 Å². The molecule has 2 aromatic carbocycles. The highest BCUT2D eigenvalue weighted by Gasteiger charge is 2.31. The predicted octanol–water partition coefficient (Wildman–Crippen LogP) is 3.42. The Morgan fingerprint density at radius 2 is 1.92 bits per heavy atom. The van der Waals surface area contributed by atoms with Gasteiger partial charge in [-0.1, -0.05) is 29.8 Å². The van der Waals surface area contributed by atoms with Crippen LogP contribution < -0.4 is 4.74 Å². The minimum atomic E-state index is -3.61. The van der Waals surface area contributed by atoms with Gasteiger partial charge >= 0.3 is 0 Å². The lowest BCUT2D eigenvalue weighted by atomic mass is 10.1. The fourth-order valence-corrected chi connectivity index (χ4v) is 4.44. The highest BCUT2D eigenvalue weighted by molar-refractivity contribution is 7.89. The van der Waals surface area contributed by atoms with Crippen molar-refractivity contribution in [2.45, 2.75) is 17.9 Å². The number of sulfonamides is 1. The lowest BCUT2D eigenvalue weighted by Gasteiger charge is -2.32. The maximum atomic E-state index is 12.9. The fourth-order valence-electron chi connectivity index (χ4n) is 2.75. The van der Waals surface area contributed by atoms with Crippen LogP contribution in [0.4, 0.5) is 0 Å². The third kappa shape index (κ3) is 3.82. The summed E-state index contributed by atoms with van der Waals surface area (Å²) in [6, 6.07) is 12.3. The van der Waals surface area contributed by atoms with E-state index < -0.39 is 10.0 Å². The van der Waals surface area contributed by atoms with Crippen molar-refractivity contribution in [1.29, 1.82) is 0 Å². The van der Waals surface area contributed by atoms with E-state index >= 15 is 0 Å². The standard InChI is InChI=1S/C18H20ClNO4S/c1-13-3-8-16(11-17(13)19)25(21,22)20-9-10-24-18(12-20)14-4-6-15(23-2)7-5-14/h3-8,11,18H,9-10,12H2,1-2H3. The van der Waals surface area contributed by atoms with E-state index in [9.17, 15) is 8.42 Å².